The van der Waals surface area contributed by atoms with Crippen molar-refractivity contribution < 1.29 is 23.1 Å². The van der Waals surface area contributed by atoms with Gasteiger partial charge in [0.25, 0.3) is 5.91 Å². The van der Waals surface area contributed by atoms with Crippen LogP contribution in [0.2, 0.25) is 10.0 Å². The lowest BCUT2D eigenvalue weighted by molar-refractivity contribution is -0.207. The Labute approximate surface area is 235 Å². The maximum absolute atomic E-state index is 13.2. The highest BCUT2D eigenvalue weighted by Crippen LogP contribution is 2.24. The number of aliphatic hydroxyl groups excluding tert-OH is 1. The van der Waals surface area contributed by atoms with Crippen LogP contribution in [-0.2, 0) is 13.1 Å². The molecular weight excluding hydrogens is 576 g/mol. The van der Waals surface area contributed by atoms with Crippen molar-refractivity contribution in [1.82, 2.24) is 39.4 Å². The molecule has 0 spiro atoms. The number of carbonyl (C=O) groups is 1. The van der Waals surface area contributed by atoms with Crippen molar-refractivity contribution in [1.29, 1.82) is 0 Å². The number of amides is 1. The van der Waals surface area contributed by atoms with Crippen molar-refractivity contribution in [2.75, 3.05) is 0 Å². The van der Waals surface area contributed by atoms with Gasteiger partial charge < -0.3 is 10.4 Å². The molecule has 0 aliphatic rings. The second kappa shape index (κ2) is 11.0. The quantitative estimate of drug-likeness (QED) is 0.332. The first-order chi connectivity index (χ1) is 18.6. The fourth-order valence-corrected chi connectivity index (χ4v) is 3.91. The minimum atomic E-state index is -4.98. The molecule has 212 valence electrons. The number of hydrogen-bond donors (Lipinski definition) is 2. The molecule has 2 N–H and O–H groups in total. The van der Waals surface area contributed by atoms with Gasteiger partial charge >= 0.3 is 11.9 Å². The van der Waals surface area contributed by atoms with Crippen LogP contribution in [0.1, 0.15) is 37.2 Å². The fraction of sp³-hybridized carbons (Fsp3) is 0.333. The Morgan fingerprint density at radius 2 is 1.77 bits per heavy atom. The molecule has 16 heteroatoms. The molecule has 40 heavy (non-hydrogen) atoms. The van der Waals surface area contributed by atoms with E-state index in [9.17, 15) is 27.9 Å². The molecule has 1 amide bonds. The topological polar surface area (TPSA) is 133 Å². The van der Waals surface area contributed by atoms with Gasteiger partial charge in [-0.05, 0) is 57.2 Å². The van der Waals surface area contributed by atoms with Gasteiger partial charge in [-0.1, -0.05) is 23.2 Å². The first kappa shape index (κ1) is 29.2. The van der Waals surface area contributed by atoms with Crippen molar-refractivity contribution in [3.8, 4) is 17.2 Å². The monoisotopic (exact) mass is 598 g/mol. The van der Waals surface area contributed by atoms with Crippen molar-refractivity contribution >= 4 is 29.1 Å². The molecule has 3 heterocycles. The van der Waals surface area contributed by atoms with Gasteiger partial charge in [0.15, 0.2) is 23.6 Å². The average molecular weight is 599 g/mol. The van der Waals surface area contributed by atoms with Crippen molar-refractivity contribution in [2.24, 2.45) is 0 Å². The summed E-state index contributed by atoms with van der Waals surface area (Å²) < 4.78 is 42.1. The maximum Gasteiger partial charge on any atom is 0.416 e. The predicted octanol–water partition coefficient (Wildman–Crippen LogP) is 3.49. The molecule has 1 unspecified atom stereocenters. The lowest BCUT2D eigenvalue weighted by atomic mass is 10.1. The van der Waals surface area contributed by atoms with E-state index < -0.39 is 42.5 Å². The number of alkyl halides is 3. The van der Waals surface area contributed by atoms with Crippen molar-refractivity contribution in [3.05, 3.63) is 74.8 Å². The minimum absolute atomic E-state index is 0.0773. The van der Waals surface area contributed by atoms with E-state index in [0.29, 0.717) is 9.59 Å². The van der Waals surface area contributed by atoms with Gasteiger partial charge in [-0.3, -0.25) is 9.36 Å². The number of aliphatic hydroxyl groups is 1. The van der Waals surface area contributed by atoms with Crippen LogP contribution in [0.25, 0.3) is 17.2 Å². The summed E-state index contributed by atoms with van der Waals surface area (Å²) in [5, 5.41) is 21.5. The van der Waals surface area contributed by atoms with E-state index in [2.05, 4.69) is 25.5 Å². The van der Waals surface area contributed by atoms with E-state index in [4.69, 9.17) is 23.2 Å². The Bertz CT molecular complexity index is 1590. The van der Waals surface area contributed by atoms with Gasteiger partial charge in [0.1, 0.15) is 6.54 Å². The number of rotatable bonds is 7. The van der Waals surface area contributed by atoms with Crippen LogP contribution in [0.4, 0.5) is 13.2 Å². The molecule has 1 atom stereocenters. The van der Waals surface area contributed by atoms with E-state index in [0.717, 1.165) is 9.36 Å². The Hall–Kier alpha value is -3.75. The number of halogens is 5. The molecule has 0 bridgehead atoms. The summed E-state index contributed by atoms with van der Waals surface area (Å²) in [5.41, 5.74) is -1.33. The van der Waals surface area contributed by atoms with Crippen LogP contribution in [0.5, 0.6) is 0 Å². The van der Waals surface area contributed by atoms with Crippen LogP contribution in [0, 0.1) is 0 Å². The number of nitrogens with zero attached hydrogens (tertiary/aromatic N) is 7. The highest BCUT2D eigenvalue weighted by molar-refractivity contribution is 6.32. The number of nitrogens with one attached hydrogen (secondary N) is 1. The minimum Gasteiger partial charge on any atom is -0.382 e. The molecule has 4 aromatic rings. The van der Waals surface area contributed by atoms with E-state index >= 15 is 0 Å². The SMILES string of the molecule is CC(C)(C)NC(=O)c1nc(Cn2nc(-c3ccc(Cl)cc3)n(CC(O)C(F)(F)F)c2=O)nn1-c1ncccc1Cl. The Morgan fingerprint density at radius 3 is 2.38 bits per heavy atom. The van der Waals surface area contributed by atoms with Gasteiger partial charge in [0, 0.05) is 22.3 Å². The molecule has 4 rings (SSSR count). The zero-order valence-electron chi connectivity index (χ0n) is 21.3. The molecule has 11 nitrogen and oxygen atoms in total. The van der Waals surface area contributed by atoms with Crippen LogP contribution in [0.15, 0.2) is 47.4 Å². The normalized spacial score (nSPS) is 12.9. The summed E-state index contributed by atoms with van der Waals surface area (Å²) in [6.07, 6.45) is -6.37. The van der Waals surface area contributed by atoms with E-state index in [1.165, 1.54) is 36.5 Å². The summed E-state index contributed by atoms with van der Waals surface area (Å²) in [5.74, 6) is -0.936. The molecule has 1 aromatic carbocycles. The second-order valence-electron chi connectivity index (χ2n) is 9.72. The van der Waals surface area contributed by atoms with E-state index in [1.54, 1.807) is 26.8 Å². The summed E-state index contributed by atoms with van der Waals surface area (Å²) in [6.45, 7) is 3.76. The molecule has 3 aromatic heterocycles. The van der Waals surface area contributed by atoms with Gasteiger partial charge in [-0.15, -0.1) is 10.2 Å². The highest BCUT2D eigenvalue weighted by atomic mass is 35.5. The molecule has 0 radical (unpaired) electrons. The molecule has 0 saturated heterocycles. The second-order valence-corrected chi connectivity index (χ2v) is 10.6. The number of pyridine rings is 1. The number of benzene rings is 1. The first-order valence-corrected chi connectivity index (χ1v) is 12.5. The zero-order valence-corrected chi connectivity index (χ0v) is 22.8. The molecule has 0 saturated carbocycles. The highest BCUT2D eigenvalue weighted by Gasteiger charge is 2.39. The van der Waals surface area contributed by atoms with Gasteiger partial charge in [-0.25, -0.2) is 19.4 Å². The van der Waals surface area contributed by atoms with Crippen LogP contribution < -0.4 is 11.0 Å². The molecular formula is C24H23Cl2F3N8O3. The van der Waals surface area contributed by atoms with E-state index in [-0.39, 0.29) is 33.9 Å². The lowest BCUT2D eigenvalue weighted by Crippen LogP contribution is -2.41. The van der Waals surface area contributed by atoms with Crippen LogP contribution >= 0.6 is 23.2 Å². The molecule has 0 aliphatic heterocycles. The fourth-order valence-electron chi connectivity index (χ4n) is 3.58. The number of hydrogen-bond acceptors (Lipinski definition) is 7. The Balaban J connectivity index is 1.80. The number of aromatic nitrogens is 7. The third-order valence-corrected chi connectivity index (χ3v) is 5.88. The van der Waals surface area contributed by atoms with E-state index in [1.807, 2.05) is 0 Å². The van der Waals surface area contributed by atoms with Gasteiger partial charge in [0.2, 0.25) is 5.82 Å². The largest absolute Gasteiger partial charge is 0.416 e. The predicted molar refractivity (Wildman–Crippen MR) is 139 cm³/mol. The Morgan fingerprint density at radius 1 is 1.10 bits per heavy atom. The lowest BCUT2D eigenvalue weighted by Gasteiger charge is -2.20. The molecule has 0 aliphatic carbocycles. The molecule has 0 fully saturated rings. The van der Waals surface area contributed by atoms with Crippen molar-refractivity contribution in [2.45, 2.75) is 51.7 Å². The standard InChI is InChI=1S/C24H23Cl2F3N8O3/c1-23(2,3)32-21(39)20-31-17(33-37(20)19-15(26)5-4-10-30-19)12-36-22(40)35(11-16(38)24(27,28)29)18(34-36)13-6-8-14(25)9-7-13/h4-10,16,38H,11-12H2,1-3H3,(H,32,39). The van der Waals surface area contributed by atoms with Crippen LogP contribution in [-0.4, -0.2) is 62.9 Å². The maximum atomic E-state index is 13.2. The van der Waals surface area contributed by atoms with Gasteiger partial charge in [-0.2, -0.15) is 17.9 Å². The number of carbonyl (C=O) groups excluding carboxylic acids is 1. The Kier molecular flexibility index (Phi) is 8.06. The summed E-state index contributed by atoms with van der Waals surface area (Å²) >= 11 is 12.2. The van der Waals surface area contributed by atoms with Crippen molar-refractivity contribution in [3.63, 3.8) is 0 Å². The zero-order chi connectivity index (χ0) is 29.4. The smallest absolute Gasteiger partial charge is 0.382 e. The first-order valence-electron chi connectivity index (χ1n) is 11.7. The third-order valence-electron chi connectivity index (χ3n) is 5.33. The average Bonchev–Trinajstić information content (AvgIpc) is 3.40. The summed E-state index contributed by atoms with van der Waals surface area (Å²) in [7, 11) is 0. The van der Waals surface area contributed by atoms with Crippen LogP contribution in [0.3, 0.4) is 0 Å². The third kappa shape index (κ3) is 6.51. The summed E-state index contributed by atoms with van der Waals surface area (Å²) in [4.78, 5) is 34.7. The van der Waals surface area contributed by atoms with Gasteiger partial charge in [0.05, 0.1) is 11.6 Å². The summed E-state index contributed by atoms with van der Waals surface area (Å²) in [6, 6.07) is 9.01.